The Hall–Kier alpha value is -3.46. The van der Waals surface area contributed by atoms with Crippen LogP contribution < -0.4 is 20.1 Å². The first-order valence-corrected chi connectivity index (χ1v) is 9.65. The van der Waals surface area contributed by atoms with Crippen LogP contribution in [-0.4, -0.2) is 29.5 Å². The highest BCUT2D eigenvalue weighted by atomic mass is 32.1. The molecular formula is C21H21N3O5S. The Bertz CT molecular complexity index is 1040. The van der Waals surface area contributed by atoms with Gasteiger partial charge in [-0.2, -0.15) is 0 Å². The molecule has 0 fully saturated rings. The fraction of sp³-hybridized carbons (Fsp3) is 0.238. The number of nitrogens with one attached hydrogen (secondary N) is 2. The molecule has 156 valence electrons. The average molecular weight is 427 g/mol. The number of hydrogen-bond acceptors (Lipinski definition) is 6. The Morgan fingerprint density at radius 2 is 1.97 bits per heavy atom. The SMILES string of the molecule is CCOc1c(OC)cc(C2NC(=S)NC(C)=C2C(=O)c2ccccc2)cc1[N+](=O)[O-]. The largest absolute Gasteiger partial charge is 0.493 e. The molecule has 0 saturated heterocycles. The van der Waals surface area contributed by atoms with Crippen LogP contribution in [0.1, 0.15) is 35.8 Å². The molecule has 0 saturated carbocycles. The van der Waals surface area contributed by atoms with Gasteiger partial charge < -0.3 is 20.1 Å². The third kappa shape index (κ3) is 4.11. The summed E-state index contributed by atoms with van der Waals surface area (Å²) in [6.45, 7) is 3.71. The number of carbonyl (C=O) groups is 1. The lowest BCUT2D eigenvalue weighted by Gasteiger charge is -2.30. The fourth-order valence-electron chi connectivity index (χ4n) is 3.34. The van der Waals surface area contributed by atoms with Gasteiger partial charge in [-0.05, 0) is 37.7 Å². The Labute approximate surface area is 179 Å². The van der Waals surface area contributed by atoms with E-state index in [1.807, 2.05) is 6.07 Å². The maximum atomic E-state index is 13.3. The number of methoxy groups -OCH3 is 1. The third-order valence-corrected chi connectivity index (χ3v) is 4.87. The molecule has 2 aromatic rings. The molecule has 0 radical (unpaired) electrons. The predicted molar refractivity (Wildman–Crippen MR) is 116 cm³/mol. The molecule has 2 N–H and O–H groups in total. The van der Waals surface area contributed by atoms with Gasteiger partial charge in [0.1, 0.15) is 0 Å². The summed E-state index contributed by atoms with van der Waals surface area (Å²) in [6, 6.07) is 11.1. The van der Waals surface area contributed by atoms with Crippen molar-refractivity contribution in [1.82, 2.24) is 10.6 Å². The van der Waals surface area contributed by atoms with E-state index in [1.54, 1.807) is 44.2 Å². The minimum Gasteiger partial charge on any atom is -0.493 e. The first-order chi connectivity index (χ1) is 14.4. The Morgan fingerprint density at radius 1 is 1.27 bits per heavy atom. The number of ether oxygens (including phenoxy) is 2. The summed E-state index contributed by atoms with van der Waals surface area (Å²) in [7, 11) is 1.41. The minimum atomic E-state index is -0.699. The molecule has 1 aliphatic heterocycles. The number of rotatable bonds is 7. The van der Waals surface area contributed by atoms with Crippen LogP contribution in [0.4, 0.5) is 5.69 Å². The van der Waals surface area contributed by atoms with Crippen molar-refractivity contribution in [2.24, 2.45) is 0 Å². The van der Waals surface area contributed by atoms with Crippen molar-refractivity contribution in [3.05, 3.63) is 75.0 Å². The van der Waals surface area contributed by atoms with Gasteiger partial charge in [-0.25, -0.2) is 0 Å². The molecule has 1 aliphatic rings. The summed E-state index contributed by atoms with van der Waals surface area (Å²) in [4.78, 5) is 24.4. The van der Waals surface area contributed by atoms with Crippen molar-refractivity contribution < 1.29 is 19.2 Å². The molecule has 8 nitrogen and oxygen atoms in total. The van der Waals surface area contributed by atoms with Crippen LogP contribution in [0, 0.1) is 10.1 Å². The van der Waals surface area contributed by atoms with Crippen molar-refractivity contribution >= 4 is 28.8 Å². The highest BCUT2D eigenvalue weighted by molar-refractivity contribution is 7.80. The molecule has 9 heteroatoms. The summed E-state index contributed by atoms with van der Waals surface area (Å²) in [5, 5.41) is 18.0. The number of allylic oxidation sites excluding steroid dienone is 1. The molecule has 1 unspecified atom stereocenters. The monoisotopic (exact) mass is 427 g/mol. The molecule has 0 spiro atoms. The molecule has 1 heterocycles. The van der Waals surface area contributed by atoms with Crippen molar-refractivity contribution in [3.8, 4) is 11.5 Å². The molecule has 0 amide bonds. The van der Waals surface area contributed by atoms with Gasteiger partial charge in [0, 0.05) is 22.9 Å². The lowest BCUT2D eigenvalue weighted by molar-refractivity contribution is -0.386. The van der Waals surface area contributed by atoms with E-state index in [1.165, 1.54) is 13.2 Å². The summed E-state index contributed by atoms with van der Waals surface area (Å²) in [5.74, 6) is 0.0365. The molecule has 1 atom stereocenters. The quantitative estimate of drug-likeness (QED) is 0.299. The second-order valence-electron chi connectivity index (χ2n) is 6.53. The van der Waals surface area contributed by atoms with Crippen LogP contribution in [0.3, 0.4) is 0 Å². The molecule has 0 aliphatic carbocycles. The number of hydrogen-bond donors (Lipinski definition) is 2. The van der Waals surface area contributed by atoms with Gasteiger partial charge >= 0.3 is 5.69 Å². The van der Waals surface area contributed by atoms with Crippen LogP contribution in [0.5, 0.6) is 11.5 Å². The topological polar surface area (TPSA) is 103 Å². The number of nitro groups is 1. The first kappa shape index (κ1) is 21.3. The van der Waals surface area contributed by atoms with E-state index in [4.69, 9.17) is 21.7 Å². The predicted octanol–water partition coefficient (Wildman–Crippen LogP) is 3.68. The standard InChI is InChI=1S/C21H21N3O5S/c1-4-29-20-15(24(26)27)10-14(11-16(20)28-3)18-17(12(2)22-21(30)23-18)19(25)13-8-6-5-7-9-13/h5-11,18H,4H2,1-3H3,(H2,22,23,30). The van der Waals surface area contributed by atoms with Crippen molar-refractivity contribution in [2.45, 2.75) is 19.9 Å². The summed E-state index contributed by atoms with van der Waals surface area (Å²) < 4.78 is 10.8. The van der Waals surface area contributed by atoms with E-state index < -0.39 is 11.0 Å². The highest BCUT2D eigenvalue weighted by Gasteiger charge is 2.33. The number of nitrogens with zero attached hydrogens (tertiary/aromatic N) is 1. The number of thiocarbonyl (C=S) groups is 1. The van der Waals surface area contributed by atoms with Crippen LogP contribution in [-0.2, 0) is 0 Å². The van der Waals surface area contributed by atoms with Crippen molar-refractivity contribution in [3.63, 3.8) is 0 Å². The second kappa shape index (κ2) is 8.91. The van der Waals surface area contributed by atoms with Crippen molar-refractivity contribution in [1.29, 1.82) is 0 Å². The van der Waals surface area contributed by atoms with E-state index in [2.05, 4.69) is 10.6 Å². The molecule has 30 heavy (non-hydrogen) atoms. The number of carbonyl (C=O) groups excluding carboxylic acids is 1. The van der Waals surface area contributed by atoms with E-state index in [0.717, 1.165) is 0 Å². The number of Topliss-reactive ketones (excluding diaryl/α,β-unsaturated/α-hetero) is 1. The molecular weight excluding hydrogens is 406 g/mol. The van der Waals surface area contributed by atoms with Crippen LogP contribution in [0.15, 0.2) is 53.7 Å². The smallest absolute Gasteiger partial charge is 0.315 e. The fourth-order valence-corrected chi connectivity index (χ4v) is 3.61. The summed E-state index contributed by atoms with van der Waals surface area (Å²) in [6.07, 6.45) is 0. The normalized spacial score (nSPS) is 15.8. The molecule has 2 aromatic carbocycles. The Kier molecular flexibility index (Phi) is 6.31. The van der Waals surface area contributed by atoms with Gasteiger partial charge in [0.2, 0.25) is 5.75 Å². The Balaban J connectivity index is 2.17. The Morgan fingerprint density at radius 3 is 2.57 bits per heavy atom. The van der Waals surface area contributed by atoms with Crippen LogP contribution in [0.25, 0.3) is 0 Å². The zero-order valence-electron chi connectivity index (χ0n) is 16.7. The van der Waals surface area contributed by atoms with Gasteiger partial charge in [-0.15, -0.1) is 0 Å². The second-order valence-corrected chi connectivity index (χ2v) is 6.94. The lowest BCUT2D eigenvalue weighted by atomic mass is 9.89. The van der Waals surface area contributed by atoms with E-state index in [0.29, 0.717) is 27.5 Å². The van der Waals surface area contributed by atoms with E-state index in [-0.39, 0.29) is 29.6 Å². The lowest BCUT2D eigenvalue weighted by Crippen LogP contribution is -2.44. The van der Waals surface area contributed by atoms with E-state index in [9.17, 15) is 14.9 Å². The van der Waals surface area contributed by atoms with E-state index >= 15 is 0 Å². The summed E-state index contributed by atoms with van der Waals surface area (Å²) >= 11 is 5.27. The number of nitro benzene ring substituents is 1. The van der Waals surface area contributed by atoms with Crippen molar-refractivity contribution in [2.75, 3.05) is 13.7 Å². The molecule has 0 aromatic heterocycles. The van der Waals surface area contributed by atoms with Crippen LogP contribution in [0.2, 0.25) is 0 Å². The maximum Gasteiger partial charge on any atom is 0.315 e. The molecule has 0 bridgehead atoms. The van der Waals surface area contributed by atoms with Gasteiger partial charge in [0.15, 0.2) is 16.6 Å². The zero-order chi connectivity index (χ0) is 21.8. The zero-order valence-corrected chi connectivity index (χ0v) is 17.5. The first-order valence-electron chi connectivity index (χ1n) is 9.24. The molecule has 3 rings (SSSR count). The highest BCUT2D eigenvalue weighted by Crippen LogP contribution is 2.42. The van der Waals surface area contributed by atoms with Gasteiger partial charge in [0.05, 0.1) is 24.7 Å². The maximum absolute atomic E-state index is 13.3. The van der Waals surface area contributed by atoms with Crippen LogP contribution >= 0.6 is 12.2 Å². The average Bonchev–Trinajstić information content (AvgIpc) is 2.73. The summed E-state index contributed by atoms with van der Waals surface area (Å²) in [5.41, 5.74) is 1.70. The third-order valence-electron chi connectivity index (χ3n) is 4.65. The number of benzene rings is 2. The van der Waals surface area contributed by atoms with Gasteiger partial charge in [0.25, 0.3) is 0 Å². The minimum absolute atomic E-state index is 0.0434. The van der Waals surface area contributed by atoms with Gasteiger partial charge in [-0.3, -0.25) is 14.9 Å². The van der Waals surface area contributed by atoms with Gasteiger partial charge in [-0.1, -0.05) is 30.3 Å². The number of ketones is 1.